The number of benzene rings is 2. The maximum Gasteiger partial charge on any atom is 0.232 e. The van der Waals surface area contributed by atoms with Gasteiger partial charge in [-0.25, -0.2) is 0 Å². The molecule has 0 aliphatic heterocycles. The van der Waals surface area contributed by atoms with Crippen LogP contribution in [-0.4, -0.2) is 10.9 Å². The molecule has 2 aromatic carbocycles. The van der Waals surface area contributed by atoms with Crippen molar-refractivity contribution in [2.45, 2.75) is 0 Å². The fourth-order valence-electron chi connectivity index (χ4n) is 1.94. The summed E-state index contributed by atoms with van der Waals surface area (Å²) < 4.78 is 7.16. The molecule has 3 rings (SSSR count). The van der Waals surface area contributed by atoms with E-state index in [-0.39, 0.29) is 17.3 Å². The second-order valence-corrected chi connectivity index (χ2v) is 6.09. The fourth-order valence-corrected chi connectivity index (χ4v) is 2.57. The average molecular weight is 396 g/mol. The van der Waals surface area contributed by atoms with Gasteiger partial charge in [0.05, 0.1) is 5.39 Å². The van der Waals surface area contributed by atoms with E-state index in [9.17, 15) is 9.90 Å². The Balaban J connectivity index is 2.12. The monoisotopic (exact) mass is 394 g/mol. The van der Waals surface area contributed by atoms with Crippen molar-refractivity contribution in [3.63, 3.8) is 0 Å². The van der Waals surface area contributed by atoms with Gasteiger partial charge in [-0.2, -0.15) is 0 Å². The first-order valence-electron chi connectivity index (χ1n) is 5.77. The van der Waals surface area contributed by atoms with Crippen LogP contribution in [0.1, 0.15) is 16.1 Å². The number of fused-ring (bicyclic) bond motifs is 1. The smallest absolute Gasteiger partial charge is 0.232 e. The highest BCUT2D eigenvalue weighted by Gasteiger charge is 2.21. The van der Waals surface area contributed by atoms with Crippen LogP contribution in [0.4, 0.5) is 0 Å². The standard InChI is InChI=1S/C15H8Br2O3/c16-9-3-1-8(2-4-9)13(18)15-14(19)11-7-10(17)5-6-12(11)20-15/h1-7,19H. The Labute approximate surface area is 131 Å². The maximum atomic E-state index is 12.4. The lowest BCUT2D eigenvalue weighted by molar-refractivity contribution is 0.101. The van der Waals surface area contributed by atoms with Gasteiger partial charge in [0.15, 0.2) is 5.75 Å². The molecule has 100 valence electrons. The highest BCUT2D eigenvalue weighted by atomic mass is 79.9. The molecule has 0 unspecified atom stereocenters. The topological polar surface area (TPSA) is 50.4 Å². The molecule has 0 fully saturated rings. The van der Waals surface area contributed by atoms with Crippen molar-refractivity contribution in [3.05, 3.63) is 62.7 Å². The van der Waals surface area contributed by atoms with Crippen LogP contribution in [0.3, 0.4) is 0 Å². The molecule has 0 aliphatic carbocycles. The van der Waals surface area contributed by atoms with Crippen LogP contribution in [0.25, 0.3) is 11.0 Å². The molecule has 0 spiro atoms. The van der Waals surface area contributed by atoms with E-state index in [1.54, 1.807) is 42.5 Å². The van der Waals surface area contributed by atoms with Crippen LogP contribution < -0.4 is 0 Å². The Morgan fingerprint density at radius 1 is 1.00 bits per heavy atom. The SMILES string of the molecule is O=C(c1ccc(Br)cc1)c1oc2ccc(Br)cc2c1O. The highest BCUT2D eigenvalue weighted by Crippen LogP contribution is 2.35. The molecule has 0 saturated heterocycles. The number of halogens is 2. The molecule has 3 nitrogen and oxygen atoms in total. The van der Waals surface area contributed by atoms with E-state index in [1.807, 2.05) is 0 Å². The molecule has 5 heteroatoms. The van der Waals surface area contributed by atoms with E-state index >= 15 is 0 Å². The summed E-state index contributed by atoms with van der Waals surface area (Å²) in [5, 5.41) is 10.7. The summed E-state index contributed by atoms with van der Waals surface area (Å²) in [6.45, 7) is 0. The summed E-state index contributed by atoms with van der Waals surface area (Å²) in [4.78, 5) is 12.4. The van der Waals surface area contributed by atoms with Gasteiger partial charge in [-0.1, -0.05) is 31.9 Å². The second-order valence-electron chi connectivity index (χ2n) is 4.26. The lowest BCUT2D eigenvalue weighted by atomic mass is 10.1. The molecule has 1 heterocycles. The van der Waals surface area contributed by atoms with Crippen molar-refractivity contribution in [2.24, 2.45) is 0 Å². The number of rotatable bonds is 2. The lowest BCUT2D eigenvalue weighted by Crippen LogP contribution is -1.99. The number of carbonyl (C=O) groups excluding carboxylic acids is 1. The summed E-state index contributed by atoms with van der Waals surface area (Å²) in [5.74, 6) is -0.517. The molecule has 0 saturated carbocycles. The number of aromatic hydroxyl groups is 1. The zero-order valence-corrected chi connectivity index (χ0v) is 13.2. The molecule has 1 aromatic heterocycles. The zero-order valence-electron chi connectivity index (χ0n) is 10.1. The number of carbonyl (C=O) groups is 1. The van der Waals surface area contributed by atoms with E-state index in [0.29, 0.717) is 16.5 Å². The van der Waals surface area contributed by atoms with Crippen molar-refractivity contribution in [2.75, 3.05) is 0 Å². The van der Waals surface area contributed by atoms with Crippen LogP contribution >= 0.6 is 31.9 Å². The van der Waals surface area contributed by atoms with Gasteiger partial charge in [0.25, 0.3) is 0 Å². The Bertz CT molecular complexity index is 804. The van der Waals surface area contributed by atoms with Crippen LogP contribution in [0, 0.1) is 0 Å². The molecule has 0 amide bonds. The fraction of sp³-hybridized carbons (Fsp3) is 0. The molecular weight excluding hydrogens is 388 g/mol. The van der Waals surface area contributed by atoms with E-state index in [1.165, 1.54) is 0 Å². The van der Waals surface area contributed by atoms with Gasteiger partial charge in [-0.15, -0.1) is 0 Å². The molecule has 1 N–H and O–H groups in total. The summed E-state index contributed by atoms with van der Waals surface area (Å²) in [6, 6.07) is 12.1. The van der Waals surface area contributed by atoms with Gasteiger partial charge >= 0.3 is 0 Å². The molecule has 0 aliphatic rings. The molecule has 20 heavy (non-hydrogen) atoms. The zero-order chi connectivity index (χ0) is 14.3. The van der Waals surface area contributed by atoms with E-state index in [0.717, 1.165) is 8.95 Å². The molecule has 0 bridgehead atoms. The van der Waals surface area contributed by atoms with Crippen molar-refractivity contribution in [1.82, 2.24) is 0 Å². The van der Waals surface area contributed by atoms with Crippen molar-refractivity contribution >= 4 is 48.6 Å². The van der Waals surface area contributed by atoms with Crippen LogP contribution in [-0.2, 0) is 0 Å². The summed E-state index contributed by atoms with van der Waals surface area (Å²) >= 11 is 6.63. The number of furan rings is 1. The van der Waals surface area contributed by atoms with E-state index in [2.05, 4.69) is 31.9 Å². The largest absolute Gasteiger partial charge is 0.504 e. The summed E-state index contributed by atoms with van der Waals surface area (Å²) in [5.41, 5.74) is 0.938. The molecular formula is C15H8Br2O3. The predicted octanol–water partition coefficient (Wildman–Crippen LogP) is 4.89. The minimum Gasteiger partial charge on any atom is -0.504 e. The third-order valence-electron chi connectivity index (χ3n) is 2.94. The van der Waals surface area contributed by atoms with E-state index in [4.69, 9.17) is 4.42 Å². The molecule has 0 atom stereocenters. The minimum atomic E-state index is -0.345. The van der Waals surface area contributed by atoms with Crippen LogP contribution in [0.2, 0.25) is 0 Å². The van der Waals surface area contributed by atoms with Gasteiger partial charge < -0.3 is 9.52 Å². The average Bonchev–Trinajstić information content (AvgIpc) is 2.76. The van der Waals surface area contributed by atoms with Crippen molar-refractivity contribution in [1.29, 1.82) is 0 Å². The third kappa shape index (κ3) is 2.27. The van der Waals surface area contributed by atoms with Gasteiger partial charge in [-0.3, -0.25) is 4.79 Å². The summed E-state index contributed by atoms with van der Waals surface area (Å²) in [7, 11) is 0. The van der Waals surface area contributed by atoms with Gasteiger partial charge in [0.2, 0.25) is 11.5 Å². The van der Waals surface area contributed by atoms with Gasteiger partial charge in [-0.05, 0) is 42.5 Å². The minimum absolute atomic E-state index is 0.0413. The first-order chi connectivity index (χ1) is 9.56. The van der Waals surface area contributed by atoms with Crippen molar-refractivity contribution < 1.29 is 14.3 Å². The van der Waals surface area contributed by atoms with Gasteiger partial charge in [0.1, 0.15) is 5.58 Å². The predicted molar refractivity (Wildman–Crippen MR) is 83.2 cm³/mol. The highest BCUT2D eigenvalue weighted by molar-refractivity contribution is 9.10. The van der Waals surface area contributed by atoms with Crippen LogP contribution in [0.15, 0.2) is 55.8 Å². The Morgan fingerprint density at radius 3 is 2.35 bits per heavy atom. The van der Waals surface area contributed by atoms with Crippen molar-refractivity contribution in [3.8, 4) is 5.75 Å². The first-order valence-corrected chi connectivity index (χ1v) is 7.36. The van der Waals surface area contributed by atoms with Gasteiger partial charge in [0, 0.05) is 14.5 Å². The first kappa shape index (κ1) is 13.4. The quantitative estimate of drug-likeness (QED) is 0.628. The Hall–Kier alpha value is -1.59. The molecule has 3 aromatic rings. The number of ketones is 1. The third-order valence-corrected chi connectivity index (χ3v) is 3.96. The summed E-state index contributed by atoms with van der Waals surface area (Å²) in [6.07, 6.45) is 0. The number of hydrogen-bond donors (Lipinski definition) is 1. The van der Waals surface area contributed by atoms with E-state index < -0.39 is 0 Å². The maximum absolute atomic E-state index is 12.4. The molecule has 0 radical (unpaired) electrons. The Kier molecular flexibility index (Phi) is 3.40. The Morgan fingerprint density at radius 2 is 1.65 bits per heavy atom. The lowest BCUT2D eigenvalue weighted by Gasteiger charge is -1.98. The second kappa shape index (κ2) is 5.07. The normalized spacial score (nSPS) is 10.9. The van der Waals surface area contributed by atoms with Crippen LogP contribution in [0.5, 0.6) is 5.75 Å². The number of hydrogen-bond acceptors (Lipinski definition) is 3.